The van der Waals surface area contributed by atoms with Crippen molar-refractivity contribution in [1.29, 1.82) is 0 Å². The van der Waals surface area contributed by atoms with Gasteiger partial charge in [0.1, 0.15) is 10.8 Å². The smallest absolute Gasteiger partial charge is 0.270 e. The number of halogens is 1. The fraction of sp³-hybridized carbons (Fsp3) is 0.500. The highest BCUT2D eigenvalue weighted by molar-refractivity contribution is 6.30. The van der Waals surface area contributed by atoms with Gasteiger partial charge in [-0.2, -0.15) is 5.10 Å². The highest BCUT2D eigenvalue weighted by Gasteiger charge is 2.41. The zero-order valence-corrected chi connectivity index (χ0v) is 19.3. The lowest BCUT2D eigenvalue weighted by Gasteiger charge is -2.39. The van der Waals surface area contributed by atoms with Gasteiger partial charge >= 0.3 is 0 Å². The van der Waals surface area contributed by atoms with Crippen LogP contribution >= 0.6 is 11.6 Å². The Bertz CT molecular complexity index is 1140. The first-order chi connectivity index (χ1) is 14.9. The van der Waals surface area contributed by atoms with Crippen molar-refractivity contribution in [2.45, 2.75) is 32.7 Å². The van der Waals surface area contributed by atoms with E-state index in [1.807, 2.05) is 48.7 Å². The molecule has 1 amide bonds. The topological polar surface area (TPSA) is 46.3 Å². The number of aromatic nitrogens is 3. The van der Waals surface area contributed by atoms with Gasteiger partial charge in [0, 0.05) is 56.7 Å². The molecule has 0 aliphatic carbocycles. The molecule has 5 rings (SSSR count). The third-order valence-corrected chi connectivity index (χ3v) is 7.92. The summed E-state index contributed by atoms with van der Waals surface area (Å²) in [5.41, 5.74) is 4.37. The number of carbonyl (C=O) groups excluding carboxylic acids is 1. The van der Waals surface area contributed by atoms with Gasteiger partial charge in [-0.3, -0.25) is 14.4 Å². The highest BCUT2D eigenvalue weighted by atomic mass is 35.5. The van der Waals surface area contributed by atoms with Crippen molar-refractivity contribution >= 4 is 28.4 Å². The molecule has 0 radical (unpaired) electrons. The van der Waals surface area contributed by atoms with Crippen molar-refractivity contribution < 1.29 is 4.79 Å². The number of nitrogens with zero attached hydrogens (tertiary/aromatic N) is 5. The van der Waals surface area contributed by atoms with Crippen LogP contribution in [0.5, 0.6) is 0 Å². The molecule has 2 aromatic heterocycles. The largest absolute Gasteiger partial charge is 0.340 e. The summed E-state index contributed by atoms with van der Waals surface area (Å²) in [5, 5.41) is 6.32. The van der Waals surface area contributed by atoms with Crippen LogP contribution in [0.15, 0.2) is 30.3 Å². The molecule has 0 bridgehead atoms. The zero-order valence-electron chi connectivity index (χ0n) is 18.6. The Balaban J connectivity index is 1.24. The van der Waals surface area contributed by atoms with Crippen LogP contribution in [0.1, 0.15) is 41.0 Å². The molecule has 0 N–H and O–H groups in total. The minimum Gasteiger partial charge on any atom is -0.340 e. The predicted molar refractivity (Wildman–Crippen MR) is 123 cm³/mol. The van der Waals surface area contributed by atoms with Gasteiger partial charge in [-0.05, 0) is 50.3 Å². The van der Waals surface area contributed by atoms with Crippen LogP contribution in [0.4, 0.5) is 0 Å². The summed E-state index contributed by atoms with van der Waals surface area (Å²) >= 11 is 6.45. The second kappa shape index (κ2) is 7.68. The van der Waals surface area contributed by atoms with E-state index in [0.717, 1.165) is 78.6 Å². The number of benzene rings is 1. The van der Waals surface area contributed by atoms with Gasteiger partial charge in [-0.25, -0.2) is 0 Å². The standard InChI is InChI=1S/C24H30ClN5O/c1-17-19(22(25)28(3)26-17)15-29-11-8-24(16-29)9-12-30(13-10-24)23(31)21-14-18-6-4-5-7-20(18)27(21)2/h4-7,14H,8-13,15-16H2,1-3H3. The fourth-order valence-corrected chi connectivity index (χ4v) is 5.72. The van der Waals surface area contributed by atoms with Gasteiger partial charge in [0.15, 0.2) is 0 Å². The van der Waals surface area contributed by atoms with Crippen LogP contribution in [0.2, 0.25) is 5.15 Å². The molecule has 2 fully saturated rings. The van der Waals surface area contributed by atoms with Crippen molar-refractivity contribution in [3.8, 4) is 0 Å². The Labute approximate surface area is 188 Å². The third-order valence-electron chi connectivity index (χ3n) is 7.45. The predicted octanol–water partition coefficient (Wildman–Crippen LogP) is 4.00. The average Bonchev–Trinajstić information content (AvgIpc) is 3.39. The van der Waals surface area contributed by atoms with E-state index in [1.54, 1.807) is 4.68 Å². The summed E-state index contributed by atoms with van der Waals surface area (Å²) in [7, 11) is 3.88. The van der Waals surface area contributed by atoms with Crippen molar-refractivity contribution in [3.63, 3.8) is 0 Å². The Hall–Kier alpha value is -2.31. The van der Waals surface area contributed by atoms with E-state index in [0.29, 0.717) is 5.41 Å². The van der Waals surface area contributed by atoms with E-state index < -0.39 is 0 Å². The van der Waals surface area contributed by atoms with Crippen LogP contribution in [0.25, 0.3) is 10.9 Å². The highest BCUT2D eigenvalue weighted by Crippen LogP contribution is 2.41. The summed E-state index contributed by atoms with van der Waals surface area (Å²) in [6.45, 7) is 6.72. The number of piperidine rings is 1. The maximum atomic E-state index is 13.2. The number of fused-ring (bicyclic) bond motifs is 1. The molecule has 0 atom stereocenters. The van der Waals surface area contributed by atoms with Crippen molar-refractivity contribution in [1.82, 2.24) is 24.1 Å². The molecular weight excluding hydrogens is 410 g/mol. The number of hydrogen-bond donors (Lipinski definition) is 0. The Morgan fingerprint density at radius 2 is 1.84 bits per heavy atom. The number of para-hydroxylation sites is 1. The van der Waals surface area contributed by atoms with E-state index in [9.17, 15) is 4.79 Å². The quantitative estimate of drug-likeness (QED) is 0.619. The molecule has 2 aliphatic heterocycles. The molecule has 0 saturated carbocycles. The number of carbonyl (C=O) groups is 1. The minimum absolute atomic E-state index is 0.154. The van der Waals surface area contributed by atoms with Crippen LogP contribution in [-0.2, 0) is 20.6 Å². The van der Waals surface area contributed by atoms with Crippen molar-refractivity contribution in [2.24, 2.45) is 19.5 Å². The van der Waals surface area contributed by atoms with E-state index in [2.05, 4.69) is 22.1 Å². The Morgan fingerprint density at radius 3 is 2.52 bits per heavy atom. The number of amides is 1. The van der Waals surface area contributed by atoms with E-state index in [4.69, 9.17) is 11.6 Å². The lowest BCUT2D eigenvalue weighted by Crippen LogP contribution is -2.44. The maximum Gasteiger partial charge on any atom is 0.270 e. The first-order valence-corrected chi connectivity index (χ1v) is 11.5. The Morgan fingerprint density at radius 1 is 1.13 bits per heavy atom. The third kappa shape index (κ3) is 3.56. The molecule has 2 aliphatic rings. The van der Waals surface area contributed by atoms with Crippen LogP contribution in [0.3, 0.4) is 0 Å². The Kier molecular flexibility index (Phi) is 5.10. The second-order valence-electron chi connectivity index (χ2n) is 9.38. The van der Waals surface area contributed by atoms with Crippen LogP contribution in [-0.4, -0.2) is 56.2 Å². The van der Waals surface area contributed by atoms with Gasteiger partial charge in [0.2, 0.25) is 0 Å². The molecule has 7 heteroatoms. The van der Waals surface area contributed by atoms with Crippen molar-refractivity contribution in [2.75, 3.05) is 26.2 Å². The van der Waals surface area contributed by atoms with Gasteiger partial charge in [-0.15, -0.1) is 0 Å². The summed E-state index contributed by atoms with van der Waals surface area (Å²) in [6, 6.07) is 10.2. The van der Waals surface area contributed by atoms with E-state index >= 15 is 0 Å². The molecule has 164 valence electrons. The molecule has 3 aromatic rings. The molecule has 4 heterocycles. The lowest BCUT2D eigenvalue weighted by molar-refractivity contribution is 0.0579. The van der Waals surface area contributed by atoms with E-state index in [-0.39, 0.29) is 5.91 Å². The summed E-state index contributed by atoms with van der Waals surface area (Å²) in [6.07, 6.45) is 3.33. The zero-order chi connectivity index (χ0) is 21.8. The second-order valence-corrected chi connectivity index (χ2v) is 9.74. The molecular formula is C24H30ClN5O. The molecule has 1 spiro atoms. The summed E-state index contributed by atoms with van der Waals surface area (Å²) < 4.78 is 3.79. The minimum atomic E-state index is 0.154. The SMILES string of the molecule is Cc1nn(C)c(Cl)c1CN1CCC2(CCN(C(=O)c3cc4ccccc4n3C)CC2)C1. The van der Waals surface area contributed by atoms with Gasteiger partial charge in [-0.1, -0.05) is 29.8 Å². The van der Waals surface area contributed by atoms with Crippen LogP contribution in [0, 0.1) is 12.3 Å². The molecule has 31 heavy (non-hydrogen) atoms. The molecule has 1 aromatic carbocycles. The number of aryl methyl sites for hydroxylation is 3. The normalized spacial score (nSPS) is 19.0. The number of rotatable bonds is 3. The monoisotopic (exact) mass is 439 g/mol. The first-order valence-electron chi connectivity index (χ1n) is 11.1. The van der Waals surface area contributed by atoms with Gasteiger partial charge in [0.05, 0.1) is 5.69 Å². The first kappa shape index (κ1) is 20.6. The summed E-state index contributed by atoms with van der Waals surface area (Å²) in [4.78, 5) is 17.8. The molecule has 0 unspecified atom stereocenters. The average molecular weight is 440 g/mol. The van der Waals surface area contributed by atoms with E-state index in [1.165, 1.54) is 6.42 Å². The van der Waals surface area contributed by atoms with Crippen LogP contribution < -0.4 is 0 Å². The van der Waals surface area contributed by atoms with Crippen molar-refractivity contribution in [3.05, 3.63) is 52.4 Å². The van der Waals surface area contributed by atoms with Gasteiger partial charge < -0.3 is 9.47 Å². The fourth-order valence-electron chi connectivity index (χ4n) is 5.49. The lowest BCUT2D eigenvalue weighted by atomic mass is 9.77. The summed E-state index contributed by atoms with van der Waals surface area (Å²) in [5.74, 6) is 0.154. The molecule has 6 nitrogen and oxygen atoms in total. The number of hydrogen-bond acceptors (Lipinski definition) is 3. The maximum absolute atomic E-state index is 13.2. The van der Waals surface area contributed by atoms with Gasteiger partial charge in [0.25, 0.3) is 5.91 Å². The number of likely N-dealkylation sites (tertiary alicyclic amines) is 2. The molecule has 2 saturated heterocycles.